The molecule has 1 atom stereocenters. The van der Waals surface area contributed by atoms with Gasteiger partial charge in [-0.15, -0.1) is 6.42 Å². The normalized spacial score (nSPS) is 18.0. The van der Waals surface area contributed by atoms with Crippen molar-refractivity contribution >= 4 is 47.5 Å². The molecular formula is C23H24N4O5S3. The average molecular weight is 533 g/mol. The summed E-state index contributed by atoms with van der Waals surface area (Å²) >= 11 is 1.10. The standard InChI is InChI=1S/C23H24N4O5S3/c1-3-12-27-20-11-10-19(34(24,29)30)14-21(20)33-23(27)25-22(28)17-6-8-18(9-7-17)35(31,32)26-13-4-5-16(2)15-26/h1,6-11,14,16H,4-5,12-13,15H2,2H3,(H2,24,29,30). The molecule has 1 fully saturated rings. The number of piperidine rings is 1. The Morgan fingerprint density at radius 1 is 1.17 bits per heavy atom. The van der Waals surface area contributed by atoms with Gasteiger partial charge in [0.2, 0.25) is 20.0 Å². The van der Waals surface area contributed by atoms with Gasteiger partial charge in [0, 0.05) is 18.7 Å². The molecule has 1 unspecified atom stereocenters. The molecule has 0 saturated carbocycles. The zero-order valence-electron chi connectivity index (χ0n) is 18.9. The second kappa shape index (κ2) is 9.67. The van der Waals surface area contributed by atoms with Crippen LogP contribution in [0.3, 0.4) is 0 Å². The van der Waals surface area contributed by atoms with Crippen molar-refractivity contribution in [2.45, 2.75) is 36.1 Å². The van der Waals surface area contributed by atoms with Crippen LogP contribution >= 0.6 is 11.3 Å². The Bertz CT molecular complexity index is 1610. The maximum atomic E-state index is 13.0. The lowest BCUT2D eigenvalue weighted by Crippen LogP contribution is -2.39. The summed E-state index contributed by atoms with van der Waals surface area (Å²) in [6.07, 6.45) is 7.30. The van der Waals surface area contributed by atoms with Crippen LogP contribution in [0, 0.1) is 18.3 Å². The molecule has 2 aromatic carbocycles. The number of benzene rings is 2. The van der Waals surface area contributed by atoms with Gasteiger partial charge in [0.05, 0.1) is 26.6 Å². The van der Waals surface area contributed by atoms with Crippen molar-refractivity contribution in [1.29, 1.82) is 0 Å². The molecule has 2 heterocycles. The zero-order chi connectivity index (χ0) is 25.4. The van der Waals surface area contributed by atoms with E-state index in [1.165, 1.54) is 40.7 Å². The van der Waals surface area contributed by atoms with Gasteiger partial charge in [-0.3, -0.25) is 4.79 Å². The van der Waals surface area contributed by atoms with Crippen LogP contribution in [0.1, 0.15) is 30.1 Å². The SMILES string of the molecule is C#CCn1c(=NC(=O)c2ccc(S(=O)(=O)N3CCCC(C)C3)cc2)sc2cc(S(N)(=O)=O)ccc21. The molecule has 184 valence electrons. The lowest BCUT2D eigenvalue weighted by molar-refractivity contribution is 0.0997. The number of amides is 1. The minimum absolute atomic E-state index is 0.0584. The van der Waals surface area contributed by atoms with Crippen molar-refractivity contribution in [3.63, 3.8) is 0 Å². The van der Waals surface area contributed by atoms with Crippen molar-refractivity contribution in [2.24, 2.45) is 16.0 Å². The average Bonchev–Trinajstić information content (AvgIpc) is 3.15. The zero-order valence-corrected chi connectivity index (χ0v) is 21.4. The van der Waals surface area contributed by atoms with Crippen molar-refractivity contribution in [3.8, 4) is 12.3 Å². The van der Waals surface area contributed by atoms with Crippen molar-refractivity contribution in [2.75, 3.05) is 13.1 Å². The molecule has 0 radical (unpaired) electrons. The van der Waals surface area contributed by atoms with Gasteiger partial charge in [-0.25, -0.2) is 22.0 Å². The first-order chi connectivity index (χ1) is 16.5. The van der Waals surface area contributed by atoms with Gasteiger partial charge in [0.1, 0.15) is 0 Å². The lowest BCUT2D eigenvalue weighted by Gasteiger charge is -2.30. The first-order valence-electron chi connectivity index (χ1n) is 10.8. The van der Waals surface area contributed by atoms with Crippen LogP contribution in [0.15, 0.2) is 57.2 Å². The molecule has 12 heteroatoms. The van der Waals surface area contributed by atoms with Crippen LogP contribution in [-0.4, -0.2) is 44.7 Å². The summed E-state index contributed by atoms with van der Waals surface area (Å²) < 4.78 is 53.0. The van der Waals surface area contributed by atoms with Gasteiger partial charge < -0.3 is 4.57 Å². The highest BCUT2D eigenvalue weighted by molar-refractivity contribution is 7.89. The van der Waals surface area contributed by atoms with E-state index in [1.807, 2.05) is 6.92 Å². The number of thiazole rings is 1. The summed E-state index contributed by atoms with van der Waals surface area (Å²) in [5.74, 6) is 2.22. The van der Waals surface area contributed by atoms with E-state index in [9.17, 15) is 21.6 Å². The number of primary sulfonamides is 1. The van der Waals surface area contributed by atoms with Crippen LogP contribution in [0.2, 0.25) is 0 Å². The highest BCUT2D eigenvalue weighted by atomic mass is 32.2. The van der Waals surface area contributed by atoms with Gasteiger partial charge in [-0.05, 0) is 61.2 Å². The van der Waals surface area contributed by atoms with E-state index >= 15 is 0 Å². The number of terminal acetylenes is 1. The van der Waals surface area contributed by atoms with Gasteiger partial charge in [-0.1, -0.05) is 24.2 Å². The van der Waals surface area contributed by atoms with Crippen LogP contribution in [0.4, 0.5) is 0 Å². The first kappa shape index (κ1) is 25.3. The third-order valence-electron chi connectivity index (χ3n) is 5.79. The van der Waals surface area contributed by atoms with Gasteiger partial charge in [0.15, 0.2) is 4.80 Å². The van der Waals surface area contributed by atoms with Gasteiger partial charge in [0.25, 0.3) is 5.91 Å². The Labute approximate surface area is 208 Å². The summed E-state index contributed by atoms with van der Waals surface area (Å²) in [6.45, 7) is 3.11. The minimum atomic E-state index is -3.90. The smallest absolute Gasteiger partial charge is 0.279 e. The van der Waals surface area contributed by atoms with Crippen LogP contribution in [-0.2, 0) is 26.6 Å². The van der Waals surface area contributed by atoms with E-state index < -0.39 is 26.0 Å². The monoisotopic (exact) mass is 532 g/mol. The maximum absolute atomic E-state index is 13.0. The summed E-state index contributed by atoms with van der Waals surface area (Å²) in [5, 5.41) is 5.22. The highest BCUT2D eigenvalue weighted by Crippen LogP contribution is 2.24. The predicted octanol–water partition coefficient (Wildman–Crippen LogP) is 2.15. The summed E-state index contributed by atoms with van der Waals surface area (Å²) in [6, 6.07) is 10.0. The fraction of sp³-hybridized carbons (Fsp3) is 0.304. The van der Waals surface area contributed by atoms with Crippen molar-refractivity contribution in [1.82, 2.24) is 8.87 Å². The molecule has 0 bridgehead atoms. The number of nitrogens with two attached hydrogens (primary N) is 1. The van der Waals surface area contributed by atoms with E-state index in [1.54, 1.807) is 10.6 Å². The number of aromatic nitrogens is 1. The molecule has 2 N–H and O–H groups in total. The van der Waals surface area contributed by atoms with Crippen LogP contribution < -0.4 is 9.94 Å². The topological polar surface area (TPSA) is 132 Å². The number of carbonyl (C=O) groups excluding carboxylic acids is 1. The Morgan fingerprint density at radius 2 is 1.86 bits per heavy atom. The molecule has 4 rings (SSSR count). The molecule has 1 aromatic heterocycles. The molecule has 3 aromatic rings. The Morgan fingerprint density at radius 3 is 2.49 bits per heavy atom. The third-order valence-corrected chi connectivity index (χ3v) is 9.62. The molecule has 0 aliphatic carbocycles. The number of rotatable bonds is 5. The second-order valence-corrected chi connectivity index (χ2v) is 12.9. The molecule has 1 saturated heterocycles. The van der Waals surface area contributed by atoms with Gasteiger partial charge in [-0.2, -0.15) is 9.30 Å². The molecule has 9 nitrogen and oxygen atoms in total. The number of nitrogens with zero attached hydrogens (tertiary/aromatic N) is 3. The highest BCUT2D eigenvalue weighted by Gasteiger charge is 2.28. The number of sulfonamides is 2. The van der Waals surface area contributed by atoms with Crippen molar-refractivity contribution < 1.29 is 21.6 Å². The van der Waals surface area contributed by atoms with E-state index in [2.05, 4.69) is 10.9 Å². The summed E-state index contributed by atoms with van der Waals surface area (Å²) in [4.78, 5) is 17.4. The lowest BCUT2D eigenvalue weighted by atomic mass is 10.0. The Kier molecular flexibility index (Phi) is 6.99. The van der Waals surface area contributed by atoms with Gasteiger partial charge >= 0.3 is 0 Å². The third kappa shape index (κ3) is 5.24. The molecule has 35 heavy (non-hydrogen) atoms. The quantitative estimate of drug-likeness (QED) is 0.503. The van der Waals surface area contributed by atoms with E-state index in [4.69, 9.17) is 11.6 Å². The summed E-state index contributed by atoms with van der Waals surface area (Å²) in [5.41, 5.74) is 0.829. The van der Waals surface area contributed by atoms with Crippen LogP contribution in [0.5, 0.6) is 0 Å². The minimum Gasteiger partial charge on any atom is -0.305 e. The number of hydrogen-bond donors (Lipinski definition) is 1. The van der Waals surface area contributed by atoms with E-state index in [0.29, 0.717) is 29.2 Å². The van der Waals surface area contributed by atoms with Crippen LogP contribution in [0.25, 0.3) is 10.2 Å². The number of fused-ring (bicyclic) bond motifs is 1. The molecule has 1 aliphatic rings. The Hall–Kier alpha value is -2.82. The van der Waals surface area contributed by atoms with E-state index in [0.717, 1.165) is 24.2 Å². The molecular weight excluding hydrogens is 508 g/mol. The molecule has 0 spiro atoms. The fourth-order valence-electron chi connectivity index (χ4n) is 3.99. The van der Waals surface area contributed by atoms with Crippen molar-refractivity contribution in [3.05, 3.63) is 52.8 Å². The Balaban J connectivity index is 1.67. The summed E-state index contributed by atoms with van der Waals surface area (Å²) in [7, 11) is -7.53. The number of carbonyl (C=O) groups is 1. The number of hydrogen-bond acceptors (Lipinski definition) is 6. The first-order valence-corrected chi connectivity index (χ1v) is 14.6. The van der Waals surface area contributed by atoms with E-state index in [-0.39, 0.29) is 26.7 Å². The predicted molar refractivity (Wildman–Crippen MR) is 134 cm³/mol. The molecule has 1 aliphatic heterocycles. The maximum Gasteiger partial charge on any atom is 0.279 e. The molecule has 1 amide bonds. The largest absolute Gasteiger partial charge is 0.305 e. The second-order valence-electron chi connectivity index (χ2n) is 8.40. The fourth-order valence-corrected chi connectivity index (χ4v) is 7.27.